The first-order chi connectivity index (χ1) is 15.3. The van der Waals surface area contributed by atoms with Crippen LogP contribution in [-0.2, 0) is 6.42 Å². The number of halogens is 1. The summed E-state index contributed by atoms with van der Waals surface area (Å²) in [5, 5.41) is 6.73. The molecule has 32 heavy (non-hydrogen) atoms. The number of hydrogen-bond donors (Lipinski definition) is 1. The number of thioether (sulfide) groups is 1. The quantitative estimate of drug-likeness (QED) is 0.586. The average Bonchev–Trinajstić information content (AvgIpc) is 2.84. The highest BCUT2D eigenvalue weighted by molar-refractivity contribution is 8.00. The number of hydrogen-bond acceptors (Lipinski definition) is 5. The van der Waals surface area contributed by atoms with Gasteiger partial charge in [-0.3, -0.25) is 0 Å². The summed E-state index contributed by atoms with van der Waals surface area (Å²) in [6.45, 7) is 9.94. The molecular weight excluding hydrogens is 436 g/mol. The Hall–Kier alpha value is -1.79. The molecule has 4 nitrogen and oxygen atoms in total. The summed E-state index contributed by atoms with van der Waals surface area (Å²) in [6.07, 6.45) is 1.13. The summed E-state index contributed by atoms with van der Waals surface area (Å²) >= 11 is 2.10. The van der Waals surface area contributed by atoms with E-state index in [-0.39, 0.29) is 12.4 Å². The molecule has 2 aliphatic rings. The van der Waals surface area contributed by atoms with Crippen LogP contribution in [0.5, 0.6) is 0 Å². The molecule has 0 bridgehead atoms. The van der Waals surface area contributed by atoms with E-state index in [4.69, 9.17) is 4.98 Å². The van der Waals surface area contributed by atoms with Gasteiger partial charge in [0.2, 0.25) is 0 Å². The van der Waals surface area contributed by atoms with Crippen molar-refractivity contribution in [3.63, 3.8) is 0 Å². The Morgan fingerprint density at radius 2 is 1.81 bits per heavy atom. The van der Waals surface area contributed by atoms with Gasteiger partial charge < -0.3 is 15.1 Å². The van der Waals surface area contributed by atoms with Crippen LogP contribution in [0, 0.1) is 0 Å². The first kappa shape index (κ1) is 23.4. The highest BCUT2D eigenvalue weighted by Gasteiger charge is 2.20. The van der Waals surface area contributed by atoms with Crippen LogP contribution >= 0.6 is 24.2 Å². The Labute approximate surface area is 202 Å². The highest BCUT2D eigenvalue weighted by Crippen LogP contribution is 2.31. The van der Waals surface area contributed by atoms with Crippen molar-refractivity contribution in [3.05, 3.63) is 60.2 Å². The van der Waals surface area contributed by atoms with Crippen molar-refractivity contribution in [2.75, 3.05) is 56.5 Å². The SMILES string of the molecule is CCN1CCN(c2nc(-c3ccc(CC4CNCCS4)cc3)cc3ccccc23)CC1.Cl. The van der Waals surface area contributed by atoms with Gasteiger partial charge in [0.1, 0.15) is 5.82 Å². The van der Waals surface area contributed by atoms with Crippen LogP contribution in [0.25, 0.3) is 22.0 Å². The Balaban J connectivity index is 0.00000245. The van der Waals surface area contributed by atoms with Gasteiger partial charge in [-0.05, 0) is 30.0 Å². The van der Waals surface area contributed by atoms with Crippen LogP contribution in [0.2, 0.25) is 0 Å². The number of fused-ring (bicyclic) bond motifs is 1. The number of rotatable bonds is 5. The van der Waals surface area contributed by atoms with Crippen LogP contribution in [0.3, 0.4) is 0 Å². The topological polar surface area (TPSA) is 31.4 Å². The third kappa shape index (κ3) is 5.23. The zero-order chi connectivity index (χ0) is 21.0. The Morgan fingerprint density at radius 1 is 1.03 bits per heavy atom. The number of nitrogens with zero attached hydrogens (tertiary/aromatic N) is 3. The van der Waals surface area contributed by atoms with E-state index >= 15 is 0 Å². The van der Waals surface area contributed by atoms with Crippen molar-refractivity contribution in [1.82, 2.24) is 15.2 Å². The molecule has 0 saturated carbocycles. The van der Waals surface area contributed by atoms with E-state index in [0.29, 0.717) is 5.25 Å². The maximum atomic E-state index is 5.18. The first-order valence-corrected chi connectivity index (χ1v) is 12.6. The van der Waals surface area contributed by atoms with Crippen LogP contribution in [-0.4, -0.2) is 66.7 Å². The molecule has 0 radical (unpaired) electrons. The van der Waals surface area contributed by atoms with E-state index in [0.717, 1.165) is 63.7 Å². The monoisotopic (exact) mass is 468 g/mol. The molecule has 3 aromatic rings. The average molecular weight is 469 g/mol. The summed E-state index contributed by atoms with van der Waals surface area (Å²) in [4.78, 5) is 10.2. The van der Waals surface area contributed by atoms with Gasteiger partial charge in [0, 0.05) is 61.2 Å². The number of likely N-dealkylation sites (N-methyl/N-ethyl adjacent to an activating group) is 1. The maximum Gasteiger partial charge on any atom is 0.137 e. The third-order valence-electron chi connectivity index (χ3n) is 6.56. The van der Waals surface area contributed by atoms with Gasteiger partial charge in [0.25, 0.3) is 0 Å². The zero-order valence-corrected chi connectivity index (χ0v) is 20.4. The molecule has 5 rings (SSSR count). The molecule has 3 heterocycles. The summed E-state index contributed by atoms with van der Waals surface area (Å²) < 4.78 is 0. The molecule has 2 saturated heterocycles. The third-order valence-corrected chi connectivity index (χ3v) is 7.80. The molecule has 2 fully saturated rings. The molecule has 0 spiro atoms. The standard InChI is InChI=1S/C26H32N4S.ClH/c1-2-29-12-14-30(15-13-29)26-24-6-4-3-5-22(24)18-25(28-26)21-9-7-20(8-10-21)17-23-19-27-11-16-31-23;/h3-10,18,23,27H,2,11-17,19H2,1H3;1H. The van der Waals surface area contributed by atoms with Crippen LogP contribution in [0.1, 0.15) is 12.5 Å². The van der Waals surface area contributed by atoms with Crippen molar-refractivity contribution >= 4 is 40.8 Å². The lowest BCUT2D eigenvalue weighted by Crippen LogP contribution is -2.46. The largest absolute Gasteiger partial charge is 0.354 e. The number of benzene rings is 2. The van der Waals surface area contributed by atoms with E-state index in [1.807, 2.05) is 0 Å². The fraction of sp³-hybridized carbons (Fsp3) is 0.423. The molecule has 0 aliphatic carbocycles. The lowest BCUT2D eigenvalue weighted by Gasteiger charge is -2.35. The van der Waals surface area contributed by atoms with Crippen LogP contribution < -0.4 is 10.2 Å². The Bertz CT molecular complexity index is 1010. The van der Waals surface area contributed by atoms with Gasteiger partial charge in [-0.2, -0.15) is 11.8 Å². The molecule has 1 unspecified atom stereocenters. The van der Waals surface area contributed by atoms with E-state index in [1.54, 1.807) is 0 Å². The fourth-order valence-electron chi connectivity index (χ4n) is 4.67. The molecule has 1 aromatic heterocycles. The van der Waals surface area contributed by atoms with Crippen LogP contribution in [0.15, 0.2) is 54.6 Å². The molecule has 1 N–H and O–H groups in total. The van der Waals surface area contributed by atoms with Gasteiger partial charge in [0.15, 0.2) is 0 Å². The molecular formula is C26H33ClN4S. The molecule has 170 valence electrons. The normalized spacial score (nSPS) is 19.7. The first-order valence-electron chi connectivity index (χ1n) is 11.6. The van der Waals surface area contributed by atoms with E-state index < -0.39 is 0 Å². The van der Waals surface area contributed by atoms with Crippen molar-refractivity contribution in [2.24, 2.45) is 0 Å². The second-order valence-corrected chi connectivity index (χ2v) is 9.98. The second kappa shape index (κ2) is 10.9. The summed E-state index contributed by atoms with van der Waals surface area (Å²) in [5.74, 6) is 2.36. The predicted molar refractivity (Wildman–Crippen MR) is 142 cm³/mol. The van der Waals surface area contributed by atoms with Gasteiger partial charge in [-0.1, -0.05) is 55.5 Å². The van der Waals surface area contributed by atoms with Gasteiger partial charge in [0.05, 0.1) is 5.69 Å². The lowest BCUT2D eigenvalue weighted by molar-refractivity contribution is 0.271. The van der Waals surface area contributed by atoms with E-state index in [2.05, 4.69) is 88.4 Å². The van der Waals surface area contributed by atoms with E-state index in [1.165, 1.54) is 27.7 Å². The van der Waals surface area contributed by atoms with Gasteiger partial charge >= 0.3 is 0 Å². The summed E-state index contributed by atoms with van der Waals surface area (Å²) in [7, 11) is 0. The number of nitrogens with one attached hydrogen (secondary N) is 1. The second-order valence-electron chi connectivity index (χ2n) is 8.57. The minimum absolute atomic E-state index is 0. The van der Waals surface area contributed by atoms with Gasteiger partial charge in [-0.25, -0.2) is 4.98 Å². The lowest BCUT2D eigenvalue weighted by atomic mass is 10.0. The fourth-order valence-corrected chi connectivity index (χ4v) is 5.81. The molecule has 2 aliphatic heterocycles. The molecule has 0 amide bonds. The highest BCUT2D eigenvalue weighted by atomic mass is 35.5. The summed E-state index contributed by atoms with van der Waals surface area (Å²) in [6, 6.07) is 20.0. The number of piperazine rings is 1. The smallest absolute Gasteiger partial charge is 0.137 e. The van der Waals surface area contributed by atoms with Crippen molar-refractivity contribution in [1.29, 1.82) is 0 Å². The van der Waals surface area contributed by atoms with E-state index in [9.17, 15) is 0 Å². The predicted octanol–water partition coefficient (Wildman–Crippen LogP) is 4.71. The van der Waals surface area contributed by atoms with Crippen molar-refractivity contribution in [2.45, 2.75) is 18.6 Å². The number of aromatic nitrogens is 1. The zero-order valence-electron chi connectivity index (χ0n) is 18.8. The molecule has 1 atom stereocenters. The Morgan fingerprint density at radius 3 is 2.53 bits per heavy atom. The maximum absolute atomic E-state index is 5.18. The molecule has 2 aromatic carbocycles. The van der Waals surface area contributed by atoms with Gasteiger partial charge in [-0.15, -0.1) is 12.4 Å². The number of pyridine rings is 1. The minimum atomic E-state index is 0. The minimum Gasteiger partial charge on any atom is -0.354 e. The number of anilines is 1. The van der Waals surface area contributed by atoms with Crippen molar-refractivity contribution < 1.29 is 0 Å². The Kier molecular flexibility index (Phi) is 7.95. The summed E-state index contributed by atoms with van der Waals surface area (Å²) in [5.41, 5.74) is 3.70. The van der Waals surface area contributed by atoms with Crippen molar-refractivity contribution in [3.8, 4) is 11.3 Å². The molecule has 6 heteroatoms. The van der Waals surface area contributed by atoms with Crippen LogP contribution in [0.4, 0.5) is 5.82 Å².